The molecule has 1 unspecified atom stereocenters. The second kappa shape index (κ2) is 7.52. The number of hydrogen-bond acceptors (Lipinski definition) is 1. The summed E-state index contributed by atoms with van der Waals surface area (Å²) in [5.74, 6) is 2.02. The minimum atomic E-state index is 0.214. The molecule has 0 radical (unpaired) electrons. The summed E-state index contributed by atoms with van der Waals surface area (Å²) in [5.41, 5.74) is 1.07. The zero-order valence-corrected chi connectivity index (χ0v) is 14.0. The summed E-state index contributed by atoms with van der Waals surface area (Å²) in [4.78, 5) is 0. The Bertz CT molecular complexity index is 394. The zero-order valence-electron chi connectivity index (χ0n) is 12.5. The summed E-state index contributed by atoms with van der Waals surface area (Å²) in [6.45, 7) is 12.3. The van der Waals surface area contributed by atoms with Crippen LogP contribution in [0.2, 0.25) is 10.0 Å². The number of hydrogen-bond donors (Lipinski definition) is 1. The highest BCUT2D eigenvalue weighted by molar-refractivity contribution is 6.42. The Labute approximate surface area is 127 Å². The molecule has 1 aromatic rings. The summed E-state index contributed by atoms with van der Waals surface area (Å²) in [6.07, 6.45) is 0. The molecule has 1 nitrogen and oxygen atoms in total. The Morgan fingerprint density at radius 2 is 1.58 bits per heavy atom. The predicted molar refractivity (Wildman–Crippen MR) is 86.0 cm³/mol. The Morgan fingerprint density at radius 1 is 1.00 bits per heavy atom. The van der Waals surface area contributed by atoms with Crippen LogP contribution in [0, 0.1) is 17.8 Å². The van der Waals surface area contributed by atoms with Crippen molar-refractivity contribution in [1.29, 1.82) is 0 Å². The minimum absolute atomic E-state index is 0.214. The van der Waals surface area contributed by atoms with E-state index in [0.29, 0.717) is 27.8 Å². The lowest BCUT2D eigenvalue weighted by Crippen LogP contribution is -2.31. The van der Waals surface area contributed by atoms with E-state index in [-0.39, 0.29) is 6.04 Å². The van der Waals surface area contributed by atoms with Gasteiger partial charge in [-0.1, -0.05) is 63.0 Å². The van der Waals surface area contributed by atoms with Gasteiger partial charge in [-0.3, -0.25) is 0 Å². The Morgan fingerprint density at radius 3 is 2.11 bits per heavy atom. The molecule has 0 amide bonds. The van der Waals surface area contributed by atoms with Crippen LogP contribution in [0.1, 0.15) is 46.2 Å². The number of nitrogens with one attached hydrogen (secondary N) is 1. The average molecular weight is 302 g/mol. The van der Waals surface area contributed by atoms with Gasteiger partial charge in [-0.25, -0.2) is 0 Å². The normalized spacial score (nSPS) is 13.6. The first-order valence-corrected chi connectivity index (χ1v) is 7.77. The van der Waals surface area contributed by atoms with Crippen molar-refractivity contribution in [3.8, 4) is 0 Å². The van der Waals surface area contributed by atoms with E-state index in [0.717, 1.165) is 12.1 Å². The lowest BCUT2D eigenvalue weighted by molar-refractivity contribution is 0.268. The molecule has 0 bridgehead atoms. The molecule has 1 rings (SSSR count). The number of halogens is 2. The molecule has 0 aliphatic heterocycles. The highest BCUT2D eigenvalue weighted by Crippen LogP contribution is 2.30. The molecule has 0 aliphatic carbocycles. The van der Waals surface area contributed by atoms with Crippen LogP contribution in [0.15, 0.2) is 18.2 Å². The Hall–Kier alpha value is -0.240. The van der Waals surface area contributed by atoms with Crippen LogP contribution < -0.4 is 5.32 Å². The smallest absolute Gasteiger partial charge is 0.0639 e. The summed E-state index contributed by atoms with van der Waals surface area (Å²) in [7, 11) is 0. The molecule has 0 saturated carbocycles. The van der Waals surface area contributed by atoms with E-state index in [4.69, 9.17) is 23.2 Å². The molecule has 0 aliphatic rings. The first kappa shape index (κ1) is 16.8. The third kappa shape index (κ3) is 4.66. The van der Waals surface area contributed by atoms with Crippen LogP contribution in [0.5, 0.6) is 0 Å². The second-order valence-corrected chi connectivity index (χ2v) is 6.71. The molecule has 19 heavy (non-hydrogen) atoms. The number of benzene rings is 1. The quantitative estimate of drug-likeness (QED) is 0.724. The fraction of sp³-hybridized carbons (Fsp3) is 0.625. The molecule has 1 N–H and O–H groups in total. The van der Waals surface area contributed by atoms with Crippen molar-refractivity contribution in [2.75, 3.05) is 6.54 Å². The van der Waals surface area contributed by atoms with Gasteiger partial charge in [-0.05, 0) is 42.9 Å². The molecule has 3 heteroatoms. The van der Waals surface area contributed by atoms with E-state index in [9.17, 15) is 0 Å². The van der Waals surface area contributed by atoms with E-state index >= 15 is 0 Å². The van der Waals surface area contributed by atoms with Crippen molar-refractivity contribution in [1.82, 2.24) is 5.32 Å². The van der Waals surface area contributed by atoms with Gasteiger partial charge in [0.25, 0.3) is 0 Å². The molecular formula is C16H25Cl2N. The SMILES string of the molecule is CC(NCC(C(C)C)C(C)C)c1cccc(Cl)c1Cl. The molecule has 1 aromatic carbocycles. The maximum Gasteiger partial charge on any atom is 0.0639 e. The van der Waals surface area contributed by atoms with E-state index in [1.165, 1.54) is 0 Å². The van der Waals surface area contributed by atoms with Gasteiger partial charge in [-0.15, -0.1) is 0 Å². The Balaban J connectivity index is 2.69. The molecular weight excluding hydrogens is 277 g/mol. The lowest BCUT2D eigenvalue weighted by atomic mass is 9.85. The average Bonchev–Trinajstić information content (AvgIpc) is 2.31. The van der Waals surface area contributed by atoms with Crippen molar-refractivity contribution in [2.45, 2.75) is 40.7 Å². The van der Waals surface area contributed by atoms with Crippen molar-refractivity contribution in [2.24, 2.45) is 17.8 Å². The molecule has 0 fully saturated rings. The van der Waals surface area contributed by atoms with Gasteiger partial charge in [0.05, 0.1) is 10.0 Å². The summed E-state index contributed by atoms with van der Waals surface area (Å²) in [5, 5.41) is 4.87. The molecule has 108 valence electrons. The topological polar surface area (TPSA) is 12.0 Å². The monoisotopic (exact) mass is 301 g/mol. The van der Waals surface area contributed by atoms with Gasteiger partial charge in [0.1, 0.15) is 0 Å². The summed E-state index contributed by atoms with van der Waals surface area (Å²) in [6, 6.07) is 6.02. The van der Waals surface area contributed by atoms with Crippen LogP contribution in [0.3, 0.4) is 0 Å². The number of rotatable bonds is 6. The minimum Gasteiger partial charge on any atom is -0.310 e. The fourth-order valence-corrected chi connectivity index (χ4v) is 2.99. The first-order valence-electron chi connectivity index (χ1n) is 7.01. The maximum atomic E-state index is 6.26. The third-order valence-electron chi connectivity index (χ3n) is 3.82. The van der Waals surface area contributed by atoms with Crippen LogP contribution in [0.4, 0.5) is 0 Å². The molecule has 0 heterocycles. The lowest BCUT2D eigenvalue weighted by Gasteiger charge is -2.27. The van der Waals surface area contributed by atoms with Crippen molar-refractivity contribution in [3.63, 3.8) is 0 Å². The molecule has 0 spiro atoms. The molecule has 1 atom stereocenters. The second-order valence-electron chi connectivity index (χ2n) is 5.92. The van der Waals surface area contributed by atoms with Gasteiger partial charge in [0, 0.05) is 6.04 Å². The highest BCUT2D eigenvalue weighted by Gasteiger charge is 2.19. The predicted octanol–water partition coefficient (Wildman–Crippen LogP) is 5.57. The molecule has 0 aromatic heterocycles. The third-order valence-corrected chi connectivity index (χ3v) is 4.65. The van der Waals surface area contributed by atoms with E-state index < -0.39 is 0 Å². The van der Waals surface area contributed by atoms with Crippen molar-refractivity contribution < 1.29 is 0 Å². The van der Waals surface area contributed by atoms with E-state index in [1.54, 1.807) is 0 Å². The molecule has 0 saturated heterocycles. The fourth-order valence-electron chi connectivity index (χ4n) is 2.52. The standard InChI is InChI=1S/C16H25Cl2N/c1-10(2)14(11(3)4)9-19-12(5)13-7-6-8-15(17)16(13)18/h6-8,10-12,14,19H,9H2,1-5H3. The summed E-state index contributed by atoms with van der Waals surface area (Å²) < 4.78 is 0. The van der Waals surface area contributed by atoms with Crippen molar-refractivity contribution in [3.05, 3.63) is 33.8 Å². The van der Waals surface area contributed by atoms with Gasteiger partial charge in [0.15, 0.2) is 0 Å². The highest BCUT2D eigenvalue weighted by atomic mass is 35.5. The van der Waals surface area contributed by atoms with E-state index in [2.05, 4.69) is 39.9 Å². The largest absolute Gasteiger partial charge is 0.310 e. The van der Waals surface area contributed by atoms with Crippen LogP contribution in [-0.4, -0.2) is 6.54 Å². The van der Waals surface area contributed by atoms with Gasteiger partial charge >= 0.3 is 0 Å². The maximum absolute atomic E-state index is 6.26. The van der Waals surface area contributed by atoms with E-state index in [1.807, 2.05) is 18.2 Å². The zero-order chi connectivity index (χ0) is 14.6. The van der Waals surface area contributed by atoms with Gasteiger partial charge in [-0.2, -0.15) is 0 Å². The summed E-state index contributed by atoms with van der Waals surface area (Å²) >= 11 is 12.3. The van der Waals surface area contributed by atoms with Crippen LogP contribution in [0.25, 0.3) is 0 Å². The van der Waals surface area contributed by atoms with Crippen LogP contribution in [-0.2, 0) is 0 Å². The van der Waals surface area contributed by atoms with Crippen molar-refractivity contribution >= 4 is 23.2 Å². The Kier molecular flexibility index (Phi) is 6.65. The first-order chi connectivity index (χ1) is 8.84. The van der Waals surface area contributed by atoms with Gasteiger partial charge in [0.2, 0.25) is 0 Å². The van der Waals surface area contributed by atoms with Gasteiger partial charge < -0.3 is 5.32 Å². The van der Waals surface area contributed by atoms with Crippen LogP contribution >= 0.6 is 23.2 Å².